The second-order valence-corrected chi connectivity index (χ2v) is 6.92. The van der Waals surface area contributed by atoms with Crippen LogP contribution in [0.2, 0.25) is 0 Å². The van der Waals surface area contributed by atoms with E-state index in [1.54, 1.807) is 12.1 Å². The fraction of sp³-hybridized carbons (Fsp3) is 0.500. The molecule has 1 N–H and O–H groups in total. The summed E-state index contributed by atoms with van der Waals surface area (Å²) in [4.78, 5) is 10.9. The highest BCUT2D eigenvalue weighted by Gasteiger charge is 2.28. The van der Waals surface area contributed by atoms with Crippen molar-refractivity contribution in [3.05, 3.63) is 48.8 Å². The topological polar surface area (TPSA) is 54.7 Å². The molecule has 1 fully saturated rings. The Hall–Kier alpha value is -2.57. The van der Waals surface area contributed by atoms with E-state index in [4.69, 9.17) is 4.74 Å². The van der Waals surface area contributed by atoms with Gasteiger partial charge in [0.15, 0.2) is 5.96 Å². The van der Waals surface area contributed by atoms with Crippen molar-refractivity contribution in [2.24, 2.45) is 10.9 Å². The summed E-state index contributed by atoms with van der Waals surface area (Å²) < 4.78 is 20.7. The van der Waals surface area contributed by atoms with Gasteiger partial charge in [0.05, 0.1) is 19.0 Å². The van der Waals surface area contributed by atoms with Crippen molar-refractivity contribution in [2.45, 2.75) is 25.8 Å². The van der Waals surface area contributed by atoms with E-state index in [-0.39, 0.29) is 5.82 Å². The van der Waals surface area contributed by atoms with Crippen molar-refractivity contribution in [3.8, 4) is 5.75 Å². The van der Waals surface area contributed by atoms with Crippen LogP contribution < -0.4 is 10.1 Å². The number of hydrogen-bond acceptors (Lipinski definition) is 3. The van der Waals surface area contributed by atoms with Crippen LogP contribution >= 0.6 is 0 Å². The van der Waals surface area contributed by atoms with Gasteiger partial charge in [-0.1, -0.05) is 6.92 Å². The molecule has 146 valence electrons. The average Bonchev–Trinajstić information content (AvgIpc) is 3.21. The van der Waals surface area contributed by atoms with E-state index < -0.39 is 0 Å². The molecule has 2 unspecified atom stereocenters. The van der Waals surface area contributed by atoms with Crippen molar-refractivity contribution in [2.75, 3.05) is 33.3 Å². The summed E-state index contributed by atoms with van der Waals surface area (Å²) in [7, 11) is 1.82. The first kappa shape index (κ1) is 19.2. The minimum absolute atomic E-state index is 0.252. The number of likely N-dealkylation sites (tertiary alicyclic amines) is 1. The van der Waals surface area contributed by atoms with Gasteiger partial charge < -0.3 is 19.5 Å². The number of guanidine groups is 1. The molecular formula is C20H28FN5O. The zero-order chi connectivity index (χ0) is 19.1. The third-order valence-corrected chi connectivity index (χ3v) is 5.02. The molecule has 1 aliphatic heterocycles. The van der Waals surface area contributed by atoms with Gasteiger partial charge in [0.1, 0.15) is 11.6 Å². The lowest BCUT2D eigenvalue weighted by Crippen LogP contribution is -2.49. The van der Waals surface area contributed by atoms with Crippen LogP contribution in [-0.4, -0.2) is 53.7 Å². The first-order valence-electron chi connectivity index (χ1n) is 9.49. The lowest BCUT2D eigenvalue weighted by molar-refractivity contribution is 0.188. The fourth-order valence-electron chi connectivity index (χ4n) is 3.42. The van der Waals surface area contributed by atoms with Gasteiger partial charge in [-0.25, -0.2) is 9.37 Å². The van der Waals surface area contributed by atoms with Crippen LogP contribution in [0.1, 0.15) is 25.8 Å². The van der Waals surface area contributed by atoms with Gasteiger partial charge in [-0.15, -0.1) is 0 Å². The second kappa shape index (κ2) is 9.39. The predicted molar refractivity (Wildman–Crippen MR) is 104 cm³/mol. The van der Waals surface area contributed by atoms with Crippen LogP contribution in [-0.2, 0) is 0 Å². The molecule has 2 atom stereocenters. The maximum Gasteiger partial charge on any atom is 0.193 e. The Labute approximate surface area is 160 Å². The summed E-state index contributed by atoms with van der Waals surface area (Å²) in [6.07, 6.45) is 7.73. The highest BCUT2D eigenvalue weighted by Crippen LogP contribution is 2.27. The third-order valence-electron chi connectivity index (χ3n) is 5.02. The van der Waals surface area contributed by atoms with Crippen molar-refractivity contribution >= 4 is 5.96 Å². The normalized spacial score (nSPS) is 20.6. The molecule has 0 saturated carbocycles. The summed E-state index contributed by atoms with van der Waals surface area (Å²) in [6.45, 7) is 5.56. The number of rotatable bonds is 6. The van der Waals surface area contributed by atoms with Crippen LogP contribution in [0.15, 0.2) is 48.0 Å². The largest absolute Gasteiger partial charge is 0.494 e. The molecule has 0 spiro atoms. The molecule has 3 rings (SSSR count). The second-order valence-electron chi connectivity index (χ2n) is 6.92. The van der Waals surface area contributed by atoms with E-state index >= 15 is 0 Å². The highest BCUT2D eigenvalue weighted by atomic mass is 19.1. The van der Waals surface area contributed by atoms with Gasteiger partial charge in [-0.05, 0) is 43.0 Å². The Morgan fingerprint density at radius 3 is 2.89 bits per heavy atom. The molecular weight excluding hydrogens is 345 g/mol. The molecule has 1 aliphatic rings. The van der Waals surface area contributed by atoms with E-state index in [2.05, 4.69) is 31.7 Å². The summed E-state index contributed by atoms with van der Waals surface area (Å²) in [5.41, 5.74) is 0. The summed E-state index contributed by atoms with van der Waals surface area (Å²) in [6, 6.07) is 6.51. The number of imidazole rings is 1. The molecule has 1 aromatic heterocycles. The molecule has 0 amide bonds. The Bertz CT molecular complexity index is 716. The average molecular weight is 373 g/mol. The smallest absolute Gasteiger partial charge is 0.193 e. The molecule has 27 heavy (non-hydrogen) atoms. The number of nitrogens with zero attached hydrogens (tertiary/aromatic N) is 4. The van der Waals surface area contributed by atoms with Crippen LogP contribution in [0.5, 0.6) is 5.75 Å². The van der Waals surface area contributed by atoms with Crippen molar-refractivity contribution in [3.63, 3.8) is 0 Å². The predicted octanol–water partition coefficient (Wildman–Crippen LogP) is 2.95. The zero-order valence-electron chi connectivity index (χ0n) is 16.0. The number of benzene rings is 1. The monoisotopic (exact) mass is 373 g/mol. The number of nitrogens with one attached hydrogen (secondary N) is 1. The van der Waals surface area contributed by atoms with Crippen LogP contribution in [0.3, 0.4) is 0 Å². The number of aliphatic imine (C=N–C) groups is 1. The Morgan fingerprint density at radius 2 is 2.19 bits per heavy atom. The van der Waals surface area contributed by atoms with Crippen molar-refractivity contribution in [1.29, 1.82) is 0 Å². The molecule has 0 bridgehead atoms. The van der Waals surface area contributed by atoms with Gasteiger partial charge in [0.2, 0.25) is 0 Å². The molecule has 6 nitrogen and oxygen atoms in total. The lowest BCUT2D eigenvalue weighted by atomic mass is 9.93. The van der Waals surface area contributed by atoms with Crippen LogP contribution in [0.25, 0.3) is 0 Å². The van der Waals surface area contributed by atoms with Crippen molar-refractivity contribution < 1.29 is 9.13 Å². The van der Waals surface area contributed by atoms with Crippen LogP contribution in [0, 0.1) is 11.7 Å². The van der Waals surface area contributed by atoms with E-state index in [0.717, 1.165) is 38.4 Å². The summed E-state index contributed by atoms with van der Waals surface area (Å²) in [5.74, 6) is 1.97. The molecule has 1 aromatic carbocycles. The molecule has 7 heteroatoms. The minimum atomic E-state index is -0.252. The summed E-state index contributed by atoms with van der Waals surface area (Å²) >= 11 is 0. The maximum absolute atomic E-state index is 12.9. The van der Waals surface area contributed by atoms with E-state index in [1.807, 2.05) is 25.8 Å². The van der Waals surface area contributed by atoms with Crippen molar-refractivity contribution in [1.82, 2.24) is 19.8 Å². The van der Waals surface area contributed by atoms with Gasteiger partial charge in [-0.2, -0.15) is 0 Å². The van der Waals surface area contributed by atoms with Crippen LogP contribution in [0.4, 0.5) is 4.39 Å². The quantitative estimate of drug-likeness (QED) is 0.481. The zero-order valence-corrected chi connectivity index (χ0v) is 16.0. The summed E-state index contributed by atoms with van der Waals surface area (Å²) in [5, 5.41) is 3.43. The number of ether oxygens (including phenoxy) is 1. The molecule has 1 saturated heterocycles. The maximum atomic E-state index is 12.9. The first-order chi connectivity index (χ1) is 13.2. The fourth-order valence-corrected chi connectivity index (χ4v) is 3.42. The highest BCUT2D eigenvalue weighted by molar-refractivity contribution is 5.80. The Kier molecular flexibility index (Phi) is 6.68. The Morgan fingerprint density at radius 1 is 1.37 bits per heavy atom. The third kappa shape index (κ3) is 5.21. The van der Waals surface area contributed by atoms with E-state index in [9.17, 15) is 4.39 Å². The molecule has 0 radical (unpaired) electrons. The molecule has 2 heterocycles. The number of aromatic nitrogens is 2. The van der Waals surface area contributed by atoms with Gasteiger partial charge in [-0.3, -0.25) is 4.99 Å². The number of hydrogen-bond donors (Lipinski definition) is 1. The van der Waals surface area contributed by atoms with E-state index in [0.29, 0.717) is 24.3 Å². The number of halogens is 1. The van der Waals surface area contributed by atoms with Gasteiger partial charge >= 0.3 is 0 Å². The number of piperidine rings is 1. The SMILES string of the molecule is CN=C(NCCCOc1ccc(F)cc1)N1CCC(C)C(n2ccnc2)C1. The van der Waals surface area contributed by atoms with Gasteiger partial charge in [0.25, 0.3) is 0 Å². The molecule has 0 aliphatic carbocycles. The van der Waals surface area contributed by atoms with E-state index in [1.165, 1.54) is 12.1 Å². The standard InChI is InChI=1S/C20H28FN5O/c1-16-8-11-25(14-19(16)26-12-10-23-15-26)20(22-2)24-9-3-13-27-18-6-4-17(21)5-7-18/h4-7,10,12,15-16,19H,3,8-9,11,13-14H2,1-2H3,(H,22,24). The molecule has 2 aromatic rings. The van der Waals surface area contributed by atoms with Gasteiger partial charge in [0, 0.05) is 39.1 Å². The lowest BCUT2D eigenvalue weighted by Gasteiger charge is -2.39. The Balaban J connectivity index is 1.44. The first-order valence-corrected chi connectivity index (χ1v) is 9.49. The minimum Gasteiger partial charge on any atom is -0.494 e.